The molecular formula is C11H18F3N2O4+. The van der Waals surface area contributed by atoms with Crippen molar-refractivity contribution in [3.05, 3.63) is 0 Å². The first-order valence-corrected chi connectivity index (χ1v) is 6.21. The maximum atomic E-state index is 13.5. The summed E-state index contributed by atoms with van der Waals surface area (Å²) in [6, 6.07) is 0. The van der Waals surface area contributed by atoms with Crippen LogP contribution in [0.4, 0.5) is 13.2 Å². The van der Waals surface area contributed by atoms with Gasteiger partial charge in [-0.25, -0.2) is 4.79 Å². The number of carbonyl (C=O) groups excluding carboxylic acids is 2. The van der Waals surface area contributed by atoms with Gasteiger partial charge in [0.25, 0.3) is 0 Å². The second-order valence-corrected chi connectivity index (χ2v) is 4.37. The third-order valence-electron chi connectivity index (χ3n) is 3.00. The number of nitrogens with one attached hydrogen (secondary N) is 2. The van der Waals surface area contributed by atoms with E-state index in [1.54, 1.807) is 5.32 Å². The first-order valence-electron chi connectivity index (χ1n) is 6.21. The van der Waals surface area contributed by atoms with Gasteiger partial charge in [-0.15, -0.1) is 0 Å². The van der Waals surface area contributed by atoms with E-state index in [0.717, 1.165) is 6.92 Å². The van der Waals surface area contributed by atoms with Crippen LogP contribution in [0.15, 0.2) is 0 Å². The van der Waals surface area contributed by atoms with E-state index < -0.39 is 23.7 Å². The van der Waals surface area contributed by atoms with Crippen LogP contribution >= 0.6 is 0 Å². The molecule has 20 heavy (non-hydrogen) atoms. The molecule has 1 heterocycles. The van der Waals surface area contributed by atoms with Crippen molar-refractivity contribution in [2.45, 2.75) is 25.7 Å². The summed E-state index contributed by atoms with van der Waals surface area (Å²) in [4.78, 5) is 23.0. The van der Waals surface area contributed by atoms with Crippen LogP contribution in [0, 0.1) is 0 Å². The Balaban J connectivity index is 3.23. The number of ether oxygens (including phenoxy) is 2. The van der Waals surface area contributed by atoms with Gasteiger partial charge in [0.1, 0.15) is 13.1 Å². The summed E-state index contributed by atoms with van der Waals surface area (Å²) in [5.74, 6) is -2.45. The third-order valence-corrected chi connectivity index (χ3v) is 3.00. The van der Waals surface area contributed by atoms with Gasteiger partial charge in [0, 0.05) is 6.92 Å². The fourth-order valence-corrected chi connectivity index (χ4v) is 2.17. The van der Waals surface area contributed by atoms with Crippen LogP contribution in [0.1, 0.15) is 13.8 Å². The number of amides is 1. The van der Waals surface area contributed by atoms with Gasteiger partial charge in [-0.05, 0) is 6.92 Å². The predicted octanol–water partition coefficient (Wildman–Crippen LogP) is -1.14. The first kappa shape index (κ1) is 16.7. The standard InChI is InChI=1S/C11H17F3N2O4/c1-3-20-9(18)10(11(12,13)14,15-8(2)17)16-4-6-19-7-5-16/h3-7H2,1-2H3,(H,15,17)/p+1/t10-/m1/s1. The molecule has 1 saturated heterocycles. The highest BCUT2D eigenvalue weighted by atomic mass is 19.4. The van der Waals surface area contributed by atoms with Gasteiger partial charge in [-0.2, -0.15) is 13.2 Å². The highest BCUT2D eigenvalue weighted by Crippen LogP contribution is 2.27. The van der Waals surface area contributed by atoms with Crippen molar-refractivity contribution in [1.82, 2.24) is 5.32 Å². The molecule has 0 aromatic heterocycles. The molecule has 1 amide bonds. The molecule has 1 aliphatic heterocycles. The molecule has 116 valence electrons. The molecule has 1 rings (SSSR count). The zero-order chi connectivity index (χ0) is 15.4. The minimum atomic E-state index is -4.97. The highest BCUT2D eigenvalue weighted by molar-refractivity contribution is 5.86. The Morgan fingerprint density at radius 3 is 2.25 bits per heavy atom. The average molecular weight is 299 g/mol. The lowest BCUT2D eigenvalue weighted by molar-refractivity contribution is -0.965. The van der Waals surface area contributed by atoms with E-state index in [-0.39, 0.29) is 37.8 Å². The molecule has 0 aromatic carbocycles. The van der Waals surface area contributed by atoms with E-state index in [1.807, 2.05) is 0 Å². The van der Waals surface area contributed by atoms with Gasteiger partial charge in [-0.1, -0.05) is 0 Å². The molecule has 0 bridgehead atoms. The van der Waals surface area contributed by atoms with E-state index in [0.29, 0.717) is 0 Å². The maximum absolute atomic E-state index is 13.5. The van der Waals surface area contributed by atoms with Crippen molar-refractivity contribution in [1.29, 1.82) is 0 Å². The van der Waals surface area contributed by atoms with Crippen molar-refractivity contribution < 1.29 is 37.1 Å². The Kier molecular flexibility index (Phi) is 5.35. The molecule has 6 nitrogen and oxygen atoms in total. The van der Waals surface area contributed by atoms with Crippen LogP contribution in [-0.4, -0.2) is 56.6 Å². The van der Waals surface area contributed by atoms with E-state index in [9.17, 15) is 22.8 Å². The van der Waals surface area contributed by atoms with E-state index in [4.69, 9.17) is 4.74 Å². The largest absolute Gasteiger partial charge is 0.478 e. The summed E-state index contributed by atoms with van der Waals surface area (Å²) in [7, 11) is 0. The molecule has 0 saturated carbocycles. The molecule has 0 aliphatic carbocycles. The Labute approximate surface area is 114 Å². The smallest absolute Gasteiger partial charge is 0.460 e. The van der Waals surface area contributed by atoms with E-state index in [1.165, 1.54) is 6.92 Å². The number of hydrogen-bond acceptors (Lipinski definition) is 4. The van der Waals surface area contributed by atoms with Crippen LogP contribution in [-0.2, 0) is 19.1 Å². The number of rotatable bonds is 4. The molecule has 1 fully saturated rings. The van der Waals surface area contributed by atoms with Crippen molar-refractivity contribution >= 4 is 11.9 Å². The van der Waals surface area contributed by atoms with E-state index in [2.05, 4.69) is 4.74 Å². The molecule has 0 aromatic rings. The van der Waals surface area contributed by atoms with Crippen molar-refractivity contribution in [3.63, 3.8) is 0 Å². The van der Waals surface area contributed by atoms with Crippen LogP contribution in [0.2, 0.25) is 0 Å². The maximum Gasteiger partial charge on any atom is 0.478 e. The second-order valence-electron chi connectivity index (χ2n) is 4.37. The van der Waals surface area contributed by atoms with Gasteiger partial charge in [0.15, 0.2) is 0 Å². The quantitative estimate of drug-likeness (QED) is 0.644. The number of halogens is 3. The zero-order valence-electron chi connectivity index (χ0n) is 11.3. The minimum Gasteiger partial charge on any atom is -0.460 e. The summed E-state index contributed by atoms with van der Waals surface area (Å²) >= 11 is 0. The number of morpholine rings is 1. The van der Waals surface area contributed by atoms with Gasteiger partial charge in [-0.3, -0.25) is 15.0 Å². The van der Waals surface area contributed by atoms with Crippen LogP contribution in [0.5, 0.6) is 0 Å². The molecule has 1 atom stereocenters. The molecule has 0 unspecified atom stereocenters. The lowest BCUT2D eigenvalue weighted by atomic mass is 10.1. The van der Waals surface area contributed by atoms with Crippen molar-refractivity contribution in [3.8, 4) is 0 Å². The van der Waals surface area contributed by atoms with Crippen molar-refractivity contribution in [2.24, 2.45) is 0 Å². The molecule has 0 spiro atoms. The number of esters is 1. The average Bonchev–Trinajstić information content (AvgIpc) is 2.35. The summed E-state index contributed by atoms with van der Waals surface area (Å²) in [5.41, 5.74) is -3.08. The third kappa shape index (κ3) is 3.21. The number of carbonyl (C=O) groups is 2. The Hall–Kier alpha value is -1.35. The Bertz CT molecular complexity index is 369. The van der Waals surface area contributed by atoms with Gasteiger partial charge >= 0.3 is 17.8 Å². The molecular weight excluding hydrogens is 281 g/mol. The second kappa shape index (κ2) is 6.40. The summed E-state index contributed by atoms with van der Waals surface area (Å²) in [5, 5.41) is 1.76. The van der Waals surface area contributed by atoms with Crippen LogP contribution < -0.4 is 10.2 Å². The van der Waals surface area contributed by atoms with Crippen LogP contribution in [0.25, 0.3) is 0 Å². The number of hydrogen-bond donors (Lipinski definition) is 2. The summed E-state index contributed by atoms with van der Waals surface area (Å²) in [6.07, 6.45) is -4.97. The molecule has 0 radical (unpaired) electrons. The van der Waals surface area contributed by atoms with Gasteiger partial charge in [0.05, 0.1) is 19.8 Å². The minimum absolute atomic E-state index is 0.0569. The summed E-state index contributed by atoms with van der Waals surface area (Å²) in [6.45, 7) is 2.16. The first-order chi connectivity index (χ1) is 9.25. The fourth-order valence-electron chi connectivity index (χ4n) is 2.17. The number of quaternary nitrogens is 1. The molecule has 2 N–H and O–H groups in total. The van der Waals surface area contributed by atoms with Gasteiger partial charge < -0.3 is 9.47 Å². The number of alkyl halides is 3. The van der Waals surface area contributed by atoms with Crippen molar-refractivity contribution in [2.75, 3.05) is 32.9 Å². The van der Waals surface area contributed by atoms with Gasteiger partial charge in [0.2, 0.25) is 5.91 Å². The summed E-state index contributed by atoms with van der Waals surface area (Å²) < 4.78 is 50.1. The molecule has 1 aliphatic rings. The normalized spacial score (nSPS) is 20.1. The fraction of sp³-hybridized carbons (Fsp3) is 0.818. The Morgan fingerprint density at radius 1 is 1.30 bits per heavy atom. The topological polar surface area (TPSA) is 69.1 Å². The van der Waals surface area contributed by atoms with E-state index >= 15 is 0 Å². The Morgan fingerprint density at radius 2 is 1.85 bits per heavy atom. The lowest BCUT2D eigenvalue weighted by Gasteiger charge is -2.40. The monoisotopic (exact) mass is 299 g/mol. The predicted molar refractivity (Wildman–Crippen MR) is 60.8 cm³/mol. The lowest BCUT2D eigenvalue weighted by Crippen LogP contribution is -3.27. The SMILES string of the molecule is CCOC(=O)[C@@](NC(C)=O)([NH+]1CCOCC1)C(F)(F)F. The molecule has 9 heteroatoms. The highest BCUT2D eigenvalue weighted by Gasteiger charge is 2.70. The van der Waals surface area contributed by atoms with Crippen LogP contribution in [0.3, 0.4) is 0 Å². The zero-order valence-corrected chi connectivity index (χ0v) is 11.3.